The number of esters is 2. The zero-order valence-electron chi connectivity index (χ0n) is 12.6. The van der Waals surface area contributed by atoms with E-state index in [1.165, 1.54) is 0 Å². The summed E-state index contributed by atoms with van der Waals surface area (Å²) >= 11 is 1.05. The van der Waals surface area contributed by atoms with Crippen LogP contribution in [0.2, 0.25) is 0 Å². The van der Waals surface area contributed by atoms with Gasteiger partial charge in [-0.3, -0.25) is 5.41 Å². The highest BCUT2D eigenvalue weighted by molar-refractivity contribution is 8.13. The number of hydrogen-bond donors (Lipinski definition) is 3. The Morgan fingerprint density at radius 3 is 2.27 bits per heavy atom. The molecule has 0 saturated heterocycles. The van der Waals surface area contributed by atoms with Gasteiger partial charge in [0.1, 0.15) is 5.69 Å². The predicted molar refractivity (Wildman–Crippen MR) is 87.9 cm³/mol. The summed E-state index contributed by atoms with van der Waals surface area (Å²) in [6, 6.07) is 0. The van der Waals surface area contributed by atoms with Gasteiger partial charge in [-0.2, -0.15) is 0 Å². The number of amidine groups is 1. The van der Waals surface area contributed by atoms with E-state index in [9.17, 15) is 9.59 Å². The highest BCUT2D eigenvalue weighted by Gasteiger charge is 2.25. The fraction of sp³-hybridized carbons (Fsp3) is 0.462. The van der Waals surface area contributed by atoms with Gasteiger partial charge in [-0.05, 0) is 26.3 Å². The summed E-state index contributed by atoms with van der Waals surface area (Å²) in [4.78, 5) is 26.8. The van der Waals surface area contributed by atoms with Crippen molar-refractivity contribution in [3.8, 4) is 0 Å². The topological polar surface area (TPSA) is 118 Å². The van der Waals surface area contributed by atoms with Crippen LogP contribution >= 0.6 is 24.2 Å². The summed E-state index contributed by atoms with van der Waals surface area (Å²) in [7, 11) is 0. The zero-order chi connectivity index (χ0) is 16.0. The van der Waals surface area contributed by atoms with Gasteiger partial charge in [-0.15, -0.1) is 12.4 Å². The van der Waals surface area contributed by atoms with Crippen LogP contribution in [0.1, 0.15) is 46.0 Å². The molecular weight excluding hydrogens is 330 g/mol. The van der Waals surface area contributed by atoms with Crippen LogP contribution < -0.4 is 5.73 Å². The van der Waals surface area contributed by atoms with Gasteiger partial charge in [0.2, 0.25) is 0 Å². The molecule has 1 rings (SSSR count). The highest BCUT2D eigenvalue weighted by atomic mass is 35.5. The Bertz CT molecular complexity index is 560. The fourth-order valence-corrected chi connectivity index (χ4v) is 2.32. The van der Waals surface area contributed by atoms with Crippen molar-refractivity contribution < 1.29 is 19.1 Å². The Balaban J connectivity index is 0.00000441. The molecule has 22 heavy (non-hydrogen) atoms. The number of aromatic nitrogens is 1. The normalized spacial score (nSPS) is 9.77. The van der Waals surface area contributed by atoms with Crippen LogP contribution in [-0.2, 0) is 15.2 Å². The number of H-pyrrole nitrogens is 1. The molecule has 0 bridgehead atoms. The van der Waals surface area contributed by atoms with Gasteiger partial charge in [0.25, 0.3) is 0 Å². The van der Waals surface area contributed by atoms with E-state index in [2.05, 4.69) is 4.98 Å². The van der Waals surface area contributed by atoms with Crippen LogP contribution in [0.15, 0.2) is 0 Å². The van der Waals surface area contributed by atoms with Crippen molar-refractivity contribution >= 4 is 41.3 Å². The number of ether oxygens (including phenoxy) is 2. The van der Waals surface area contributed by atoms with E-state index in [0.717, 1.165) is 11.8 Å². The highest BCUT2D eigenvalue weighted by Crippen LogP contribution is 2.24. The smallest absolute Gasteiger partial charge is 0.355 e. The van der Waals surface area contributed by atoms with E-state index in [0.29, 0.717) is 16.8 Å². The molecular formula is C13H20ClN3O4S. The Morgan fingerprint density at radius 2 is 1.77 bits per heavy atom. The number of halogens is 1. The second-order valence-corrected chi connectivity index (χ2v) is 5.09. The average Bonchev–Trinajstić information content (AvgIpc) is 2.74. The summed E-state index contributed by atoms with van der Waals surface area (Å²) in [5, 5.41) is 7.16. The van der Waals surface area contributed by atoms with Gasteiger partial charge >= 0.3 is 11.9 Å². The SMILES string of the molecule is CCOC(=O)c1[nH]c(CSC(=N)N)c(C(=O)OCC)c1C.Cl. The molecule has 0 aromatic carbocycles. The number of aromatic amines is 1. The van der Waals surface area contributed by atoms with E-state index < -0.39 is 11.9 Å². The number of nitrogens with one attached hydrogen (secondary N) is 2. The number of rotatable bonds is 6. The van der Waals surface area contributed by atoms with Crippen LogP contribution in [0, 0.1) is 12.3 Å². The van der Waals surface area contributed by atoms with Gasteiger partial charge < -0.3 is 20.2 Å². The number of carbonyl (C=O) groups excluding carboxylic acids is 2. The number of thioether (sulfide) groups is 1. The molecule has 0 fully saturated rings. The summed E-state index contributed by atoms with van der Waals surface area (Å²) in [5.74, 6) is -0.774. The van der Waals surface area contributed by atoms with Crippen molar-refractivity contribution in [3.05, 3.63) is 22.5 Å². The molecule has 1 aromatic heterocycles. The van der Waals surface area contributed by atoms with Crippen molar-refractivity contribution in [1.29, 1.82) is 5.41 Å². The molecule has 0 aliphatic carbocycles. The summed E-state index contributed by atoms with van der Waals surface area (Å²) in [6.07, 6.45) is 0. The first kappa shape index (κ1) is 20.3. The van der Waals surface area contributed by atoms with Crippen LogP contribution in [0.5, 0.6) is 0 Å². The van der Waals surface area contributed by atoms with Crippen molar-refractivity contribution in [1.82, 2.24) is 4.98 Å². The Hall–Kier alpha value is -1.67. The van der Waals surface area contributed by atoms with Crippen LogP contribution in [0.4, 0.5) is 0 Å². The average molecular weight is 350 g/mol. The maximum absolute atomic E-state index is 12.0. The summed E-state index contributed by atoms with van der Waals surface area (Å²) < 4.78 is 9.95. The van der Waals surface area contributed by atoms with Gasteiger partial charge in [-0.25, -0.2) is 9.59 Å². The van der Waals surface area contributed by atoms with Crippen molar-refractivity contribution in [3.63, 3.8) is 0 Å². The number of hydrogen-bond acceptors (Lipinski definition) is 6. The lowest BCUT2D eigenvalue weighted by atomic mass is 10.1. The molecule has 0 saturated carbocycles. The maximum atomic E-state index is 12.0. The van der Waals surface area contributed by atoms with Gasteiger partial charge in [-0.1, -0.05) is 11.8 Å². The van der Waals surface area contributed by atoms with E-state index >= 15 is 0 Å². The molecule has 0 aliphatic rings. The minimum atomic E-state index is -0.528. The third-order valence-electron chi connectivity index (χ3n) is 2.66. The second kappa shape index (κ2) is 9.37. The third-order valence-corrected chi connectivity index (χ3v) is 3.40. The van der Waals surface area contributed by atoms with E-state index in [1.807, 2.05) is 0 Å². The summed E-state index contributed by atoms with van der Waals surface area (Å²) in [5.41, 5.74) is 6.80. The predicted octanol–water partition coefficient (Wildman–Crippen LogP) is 2.22. The first-order chi connectivity index (χ1) is 9.92. The molecule has 1 aromatic rings. The lowest BCUT2D eigenvalue weighted by Crippen LogP contribution is -2.10. The number of nitrogens with two attached hydrogens (primary N) is 1. The third kappa shape index (κ3) is 4.96. The minimum Gasteiger partial charge on any atom is -0.462 e. The largest absolute Gasteiger partial charge is 0.462 e. The molecule has 0 aliphatic heterocycles. The van der Waals surface area contributed by atoms with Crippen LogP contribution in [0.3, 0.4) is 0 Å². The molecule has 4 N–H and O–H groups in total. The molecule has 124 valence electrons. The van der Waals surface area contributed by atoms with E-state index in [-0.39, 0.29) is 42.2 Å². The monoisotopic (exact) mass is 349 g/mol. The molecule has 0 amide bonds. The Morgan fingerprint density at radius 1 is 1.23 bits per heavy atom. The molecule has 0 radical (unpaired) electrons. The lowest BCUT2D eigenvalue weighted by Gasteiger charge is -2.04. The standard InChI is InChI=1S/C13H19N3O4S.ClH/c1-4-19-11(17)9-7(3)10(12(18)20-5-2)16-8(9)6-21-13(14)15;/h16H,4-6H2,1-3H3,(H3,14,15);1H. The van der Waals surface area contributed by atoms with Gasteiger partial charge in [0.15, 0.2) is 5.17 Å². The molecule has 0 unspecified atom stereocenters. The first-order valence-corrected chi connectivity index (χ1v) is 7.43. The van der Waals surface area contributed by atoms with Crippen molar-refractivity contribution in [2.45, 2.75) is 26.5 Å². The van der Waals surface area contributed by atoms with Crippen molar-refractivity contribution in [2.24, 2.45) is 5.73 Å². The fourth-order valence-electron chi connectivity index (χ4n) is 1.80. The number of carbonyl (C=O) groups is 2. The van der Waals surface area contributed by atoms with E-state index in [1.54, 1.807) is 20.8 Å². The summed E-state index contributed by atoms with van der Waals surface area (Å²) in [6.45, 7) is 5.53. The lowest BCUT2D eigenvalue weighted by molar-refractivity contribution is 0.0518. The van der Waals surface area contributed by atoms with E-state index in [4.69, 9.17) is 20.6 Å². The Labute approximate surface area is 139 Å². The molecule has 0 spiro atoms. The molecule has 9 heteroatoms. The second-order valence-electron chi connectivity index (χ2n) is 4.07. The van der Waals surface area contributed by atoms with Crippen LogP contribution in [0.25, 0.3) is 0 Å². The quantitative estimate of drug-likeness (QED) is 0.411. The van der Waals surface area contributed by atoms with Crippen molar-refractivity contribution in [2.75, 3.05) is 13.2 Å². The van der Waals surface area contributed by atoms with Crippen LogP contribution in [-0.4, -0.2) is 35.3 Å². The molecule has 1 heterocycles. The van der Waals surface area contributed by atoms with Gasteiger partial charge in [0, 0.05) is 11.4 Å². The maximum Gasteiger partial charge on any atom is 0.355 e. The first-order valence-electron chi connectivity index (χ1n) is 6.44. The minimum absolute atomic E-state index is 0. The molecule has 0 atom stereocenters. The Kier molecular flexibility index (Phi) is 8.66. The molecule has 7 nitrogen and oxygen atoms in total. The zero-order valence-corrected chi connectivity index (χ0v) is 14.3. The van der Waals surface area contributed by atoms with Gasteiger partial charge in [0.05, 0.1) is 18.8 Å².